The third-order valence-corrected chi connectivity index (χ3v) is 4.78. The molecule has 0 N–H and O–H groups in total. The Bertz CT molecular complexity index is 1200. The minimum Gasteiger partial charge on any atom is -0.312 e. The lowest BCUT2D eigenvalue weighted by Crippen LogP contribution is -2.20. The number of rotatable bonds is 7. The quantitative estimate of drug-likeness (QED) is 0.212. The fourth-order valence-corrected chi connectivity index (χ4v) is 3.09. The molecular weight excluding hydrogens is 428 g/mol. The second kappa shape index (κ2) is 11.2. The van der Waals surface area contributed by atoms with Crippen molar-refractivity contribution in [1.29, 1.82) is 0 Å². The number of carbonyl (C=O) groups excluding carboxylic acids is 2. The van der Waals surface area contributed by atoms with Gasteiger partial charge in [-0.2, -0.15) is 0 Å². The van der Waals surface area contributed by atoms with Gasteiger partial charge in [0.2, 0.25) is 0 Å². The Morgan fingerprint density at radius 3 is 0.971 bits per heavy atom. The van der Waals surface area contributed by atoms with E-state index in [1.807, 2.05) is 36.4 Å². The maximum absolute atomic E-state index is 12.5. The molecule has 0 aliphatic carbocycles. The zero-order chi connectivity index (χ0) is 23.6. The van der Waals surface area contributed by atoms with Crippen molar-refractivity contribution >= 4 is 23.4 Å². The zero-order valence-corrected chi connectivity index (χ0v) is 18.1. The Labute approximate surface area is 196 Å². The summed E-state index contributed by atoms with van der Waals surface area (Å²) >= 11 is 0. The first kappa shape index (κ1) is 22.4. The lowest BCUT2D eigenvalue weighted by atomic mass is 10.00. The Hall–Kier alpha value is -4.84. The van der Waals surface area contributed by atoms with Crippen molar-refractivity contribution < 1.29 is 19.3 Å². The molecule has 6 nitrogen and oxygen atoms in total. The van der Waals surface area contributed by atoms with E-state index >= 15 is 0 Å². The molecule has 166 valence electrons. The van der Waals surface area contributed by atoms with Crippen LogP contribution in [0.15, 0.2) is 132 Å². The predicted octanol–water partition coefficient (Wildman–Crippen LogP) is 5.51. The van der Waals surface area contributed by atoms with Crippen LogP contribution in [0, 0.1) is 0 Å². The molecule has 4 aromatic carbocycles. The summed E-state index contributed by atoms with van der Waals surface area (Å²) in [7, 11) is 0. The van der Waals surface area contributed by atoms with Gasteiger partial charge >= 0.3 is 11.9 Å². The van der Waals surface area contributed by atoms with Gasteiger partial charge in [0.15, 0.2) is 0 Å². The van der Waals surface area contributed by atoms with Crippen molar-refractivity contribution in [3.05, 3.63) is 144 Å². The van der Waals surface area contributed by atoms with Gasteiger partial charge in [-0.3, -0.25) is 0 Å². The first-order chi connectivity index (χ1) is 16.7. The Kier molecular flexibility index (Phi) is 7.33. The Balaban J connectivity index is 1.73. The summed E-state index contributed by atoms with van der Waals surface area (Å²) in [6, 6.07) is 35.3. The Morgan fingerprint density at radius 2 is 0.676 bits per heavy atom. The highest BCUT2D eigenvalue weighted by molar-refractivity contribution is 6.53. The van der Waals surface area contributed by atoms with Gasteiger partial charge in [-0.25, -0.2) is 9.59 Å². The normalized spacial score (nSPS) is 11.5. The van der Waals surface area contributed by atoms with E-state index in [9.17, 15) is 9.59 Å². The van der Waals surface area contributed by atoms with Crippen LogP contribution in [0.4, 0.5) is 0 Å². The Morgan fingerprint density at radius 1 is 0.412 bits per heavy atom. The summed E-state index contributed by atoms with van der Waals surface area (Å²) in [5.74, 6) is -1.24. The van der Waals surface area contributed by atoms with Crippen LogP contribution in [0.2, 0.25) is 0 Å². The third kappa shape index (κ3) is 5.69. The van der Waals surface area contributed by atoms with Gasteiger partial charge in [0.1, 0.15) is 11.4 Å². The molecule has 0 aliphatic rings. The molecule has 0 unspecified atom stereocenters. The molecule has 0 atom stereocenters. The van der Waals surface area contributed by atoms with E-state index in [1.54, 1.807) is 84.9 Å². The monoisotopic (exact) mass is 448 g/mol. The van der Waals surface area contributed by atoms with Crippen molar-refractivity contribution in [2.45, 2.75) is 0 Å². The molecule has 0 heterocycles. The minimum absolute atomic E-state index is 0.233. The first-order valence-corrected chi connectivity index (χ1v) is 10.5. The molecular formula is C28H20N2O4. The number of oxime groups is 2. The maximum atomic E-state index is 12.5. The van der Waals surface area contributed by atoms with Crippen molar-refractivity contribution in [3.8, 4) is 0 Å². The van der Waals surface area contributed by atoms with E-state index in [0.717, 1.165) is 0 Å². The van der Waals surface area contributed by atoms with Gasteiger partial charge in [-0.15, -0.1) is 0 Å². The molecule has 4 aromatic rings. The fourth-order valence-electron chi connectivity index (χ4n) is 3.09. The van der Waals surface area contributed by atoms with Crippen molar-refractivity contribution in [3.63, 3.8) is 0 Å². The van der Waals surface area contributed by atoms with Crippen LogP contribution >= 0.6 is 0 Å². The molecule has 4 rings (SSSR count). The number of hydrogen-bond acceptors (Lipinski definition) is 6. The number of nitrogens with zero attached hydrogens (tertiary/aromatic N) is 2. The molecule has 0 aliphatic heterocycles. The third-order valence-electron chi connectivity index (χ3n) is 4.78. The molecule has 0 bridgehead atoms. The van der Waals surface area contributed by atoms with Crippen LogP contribution in [0.1, 0.15) is 31.8 Å². The van der Waals surface area contributed by atoms with Gasteiger partial charge in [0, 0.05) is 11.1 Å². The van der Waals surface area contributed by atoms with Crippen LogP contribution in [0.3, 0.4) is 0 Å². The van der Waals surface area contributed by atoms with Crippen LogP contribution in [0.5, 0.6) is 0 Å². The number of carbonyl (C=O) groups is 2. The summed E-state index contributed by atoms with van der Waals surface area (Å²) in [6.45, 7) is 0. The SMILES string of the molecule is O=C(O/N=C(\C(=N/OC(=O)c1ccccc1)c1ccccc1)c1ccccc1)c1ccccc1. The molecule has 6 heteroatoms. The number of hydrogen-bond donors (Lipinski definition) is 0. The van der Waals surface area contributed by atoms with Gasteiger partial charge in [-0.05, 0) is 24.3 Å². The average molecular weight is 448 g/mol. The summed E-state index contributed by atoms with van der Waals surface area (Å²) in [5, 5.41) is 8.29. The van der Waals surface area contributed by atoms with Crippen LogP contribution < -0.4 is 0 Å². The predicted molar refractivity (Wildman–Crippen MR) is 130 cm³/mol. The second-order valence-electron chi connectivity index (χ2n) is 7.10. The second-order valence-corrected chi connectivity index (χ2v) is 7.10. The van der Waals surface area contributed by atoms with Crippen LogP contribution in [0.25, 0.3) is 0 Å². The van der Waals surface area contributed by atoms with E-state index in [1.165, 1.54) is 0 Å². The van der Waals surface area contributed by atoms with Crippen molar-refractivity contribution in [2.75, 3.05) is 0 Å². The molecule has 34 heavy (non-hydrogen) atoms. The molecule has 0 saturated heterocycles. The molecule has 0 fully saturated rings. The van der Waals surface area contributed by atoms with E-state index < -0.39 is 11.9 Å². The molecule has 0 saturated carbocycles. The van der Waals surface area contributed by atoms with Crippen LogP contribution in [-0.4, -0.2) is 23.4 Å². The fraction of sp³-hybridized carbons (Fsp3) is 0. The van der Waals surface area contributed by atoms with E-state index in [0.29, 0.717) is 22.3 Å². The highest BCUT2D eigenvalue weighted by Crippen LogP contribution is 2.13. The van der Waals surface area contributed by atoms with E-state index in [4.69, 9.17) is 9.68 Å². The largest absolute Gasteiger partial charge is 0.365 e. The van der Waals surface area contributed by atoms with E-state index in [-0.39, 0.29) is 11.4 Å². The van der Waals surface area contributed by atoms with Crippen molar-refractivity contribution in [2.24, 2.45) is 10.3 Å². The van der Waals surface area contributed by atoms with E-state index in [2.05, 4.69) is 10.3 Å². The standard InChI is InChI=1S/C28H20N2O4/c31-27(23-17-9-3-10-18-23)33-29-25(21-13-5-1-6-14-21)26(22-15-7-2-8-16-22)30-34-28(32)24-19-11-4-12-20-24/h1-20H/b29-25-,30-26-. The van der Waals surface area contributed by atoms with Crippen LogP contribution in [-0.2, 0) is 9.68 Å². The smallest absolute Gasteiger partial charge is 0.312 e. The topological polar surface area (TPSA) is 77.3 Å². The maximum Gasteiger partial charge on any atom is 0.365 e. The molecule has 0 aromatic heterocycles. The highest BCUT2D eigenvalue weighted by Gasteiger charge is 2.19. The molecule has 0 amide bonds. The molecule has 0 spiro atoms. The van der Waals surface area contributed by atoms with Gasteiger partial charge in [0.25, 0.3) is 0 Å². The van der Waals surface area contributed by atoms with Gasteiger partial charge in [-0.1, -0.05) is 107 Å². The highest BCUT2D eigenvalue weighted by atomic mass is 16.7. The lowest BCUT2D eigenvalue weighted by Gasteiger charge is -2.10. The summed E-state index contributed by atoms with van der Waals surface area (Å²) < 4.78 is 0. The van der Waals surface area contributed by atoms with Gasteiger partial charge < -0.3 is 9.68 Å². The van der Waals surface area contributed by atoms with Crippen molar-refractivity contribution in [1.82, 2.24) is 0 Å². The lowest BCUT2D eigenvalue weighted by molar-refractivity contribution is 0.0503. The molecule has 0 radical (unpaired) electrons. The van der Waals surface area contributed by atoms with Gasteiger partial charge in [0.05, 0.1) is 11.1 Å². The minimum atomic E-state index is -0.622. The summed E-state index contributed by atoms with van der Waals surface area (Å²) in [6.07, 6.45) is 0. The average Bonchev–Trinajstić information content (AvgIpc) is 2.92. The summed E-state index contributed by atoms with van der Waals surface area (Å²) in [5.41, 5.74) is 2.43. The zero-order valence-electron chi connectivity index (χ0n) is 18.1. The summed E-state index contributed by atoms with van der Waals surface area (Å²) in [4.78, 5) is 35.6. The number of benzene rings is 4. The first-order valence-electron chi connectivity index (χ1n) is 10.5.